The molecule has 1 aromatic carbocycles. The summed E-state index contributed by atoms with van der Waals surface area (Å²) in [6.45, 7) is 2.16. The van der Waals surface area contributed by atoms with Gasteiger partial charge in [0.1, 0.15) is 5.82 Å². The lowest BCUT2D eigenvalue weighted by atomic mass is 10.1. The maximum Gasteiger partial charge on any atom is 0.418 e. The van der Waals surface area contributed by atoms with Gasteiger partial charge < -0.3 is 20.7 Å². The van der Waals surface area contributed by atoms with E-state index in [1.807, 2.05) is 4.90 Å². The Bertz CT molecular complexity index is 1020. The number of anilines is 4. The molecule has 3 aromatic rings. The summed E-state index contributed by atoms with van der Waals surface area (Å²) in [6, 6.07) is 6.78. The summed E-state index contributed by atoms with van der Waals surface area (Å²) in [7, 11) is 0. The first-order valence-electron chi connectivity index (χ1n) is 9.13. The third-order valence-corrected chi connectivity index (χ3v) is 4.47. The molecule has 3 N–H and O–H groups in total. The topological polar surface area (TPSA) is 102 Å². The summed E-state index contributed by atoms with van der Waals surface area (Å²) >= 11 is 0. The van der Waals surface area contributed by atoms with E-state index in [-0.39, 0.29) is 17.5 Å². The van der Waals surface area contributed by atoms with Crippen molar-refractivity contribution in [2.75, 3.05) is 42.3 Å². The summed E-state index contributed by atoms with van der Waals surface area (Å²) in [5, 5.41) is 2.79. The molecule has 0 bridgehead atoms. The normalized spacial score (nSPS) is 14.6. The quantitative estimate of drug-likeness (QED) is 0.668. The summed E-state index contributed by atoms with van der Waals surface area (Å²) in [6.07, 6.45) is -1.50. The highest BCUT2D eigenvalue weighted by atomic mass is 19.4. The molecule has 30 heavy (non-hydrogen) atoms. The molecule has 11 heteroatoms. The highest BCUT2D eigenvalue weighted by Gasteiger charge is 2.33. The Morgan fingerprint density at radius 3 is 2.43 bits per heavy atom. The van der Waals surface area contributed by atoms with Crippen molar-refractivity contribution >= 4 is 23.4 Å². The van der Waals surface area contributed by atoms with Crippen LogP contribution in [-0.2, 0) is 10.9 Å². The second kappa shape index (κ2) is 8.11. The van der Waals surface area contributed by atoms with Crippen LogP contribution in [0.2, 0.25) is 0 Å². The van der Waals surface area contributed by atoms with Crippen LogP contribution in [0.1, 0.15) is 5.56 Å². The third-order valence-electron chi connectivity index (χ3n) is 4.47. The van der Waals surface area contributed by atoms with E-state index in [1.165, 1.54) is 30.6 Å². The van der Waals surface area contributed by atoms with Gasteiger partial charge in [0.25, 0.3) is 0 Å². The lowest BCUT2D eigenvalue weighted by molar-refractivity contribution is -0.136. The molecule has 0 atom stereocenters. The Morgan fingerprint density at radius 2 is 1.73 bits per heavy atom. The van der Waals surface area contributed by atoms with Crippen LogP contribution in [0.15, 0.2) is 42.7 Å². The zero-order chi connectivity index (χ0) is 21.1. The van der Waals surface area contributed by atoms with Gasteiger partial charge in [-0.2, -0.15) is 18.2 Å². The third kappa shape index (κ3) is 4.40. The van der Waals surface area contributed by atoms with Crippen molar-refractivity contribution in [2.24, 2.45) is 0 Å². The Balaban J connectivity index is 1.75. The number of alkyl halides is 3. The van der Waals surface area contributed by atoms with Gasteiger partial charge in [-0.25, -0.2) is 15.0 Å². The SMILES string of the molecule is Nc1ncc(-c2cc(Nc3ccccc3C(F)(F)F)nc(N3CCOCC3)n2)cn1. The molecule has 4 rings (SSSR count). The van der Waals surface area contributed by atoms with Gasteiger partial charge >= 0.3 is 6.18 Å². The minimum Gasteiger partial charge on any atom is -0.378 e. The van der Waals surface area contributed by atoms with Gasteiger partial charge in [0, 0.05) is 37.1 Å². The number of nitrogens with one attached hydrogen (secondary N) is 1. The number of halogens is 3. The largest absolute Gasteiger partial charge is 0.418 e. The minimum atomic E-state index is -4.50. The van der Waals surface area contributed by atoms with Crippen LogP contribution in [0.4, 0.5) is 36.6 Å². The number of hydrogen-bond acceptors (Lipinski definition) is 8. The average Bonchev–Trinajstić information content (AvgIpc) is 2.74. The first kappa shape index (κ1) is 19.8. The van der Waals surface area contributed by atoms with Crippen LogP contribution in [0.5, 0.6) is 0 Å². The maximum atomic E-state index is 13.4. The number of ether oxygens (including phenoxy) is 1. The Labute approximate surface area is 170 Å². The van der Waals surface area contributed by atoms with Crippen LogP contribution in [0.25, 0.3) is 11.3 Å². The van der Waals surface area contributed by atoms with Crippen molar-refractivity contribution in [3.8, 4) is 11.3 Å². The molecule has 0 aliphatic carbocycles. The van der Waals surface area contributed by atoms with Gasteiger partial charge in [0.05, 0.1) is 30.2 Å². The van der Waals surface area contributed by atoms with Gasteiger partial charge in [-0.05, 0) is 12.1 Å². The van der Waals surface area contributed by atoms with Crippen molar-refractivity contribution in [2.45, 2.75) is 6.18 Å². The Kier molecular flexibility index (Phi) is 5.36. The molecule has 0 saturated carbocycles. The van der Waals surface area contributed by atoms with E-state index < -0.39 is 11.7 Å². The van der Waals surface area contributed by atoms with Crippen LogP contribution < -0.4 is 16.0 Å². The zero-order valence-corrected chi connectivity index (χ0v) is 15.7. The number of rotatable bonds is 4. The van der Waals surface area contributed by atoms with Crippen LogP contribution >= 0.6 is 0 Å². The predicted octanol–water partition coefficient (Wildman–Crippen LogP) is 3.11. The van der Waals surface area contributed by atoms with E-state index in [1.54, 1.807) is 6.07 Å². The molecule has 2 aromatic heterocycles. The molecule has 8 nitrogen and oxygen atoms in total. The number of benzene rings is 1. The molecule has 156 valence electrons. The summed E-state index contributed by atoms with van der Waals surface area (Å²) < 4.78 is 45.5. The standard InChI is InChI=1S/C19H18F3N7O/c20-19(21,22)13-3-1-2-4-14(13)26-16-9-15(12-10-24-17(23)25-11-12)27-18(28-16)29-5-7-30-8-6-29/h1-4,9-11H,5-8H2,(H2,23,24,25)(H,26,27,28). The molecule has 0 radical (unpaired) electrons. The highest BCUT2D eigenvalue weighted by molar-refractivity contribution is 5.68. The Morgan fingerprint density at radius 1 is 1.03 bits per heavy atom. The van der Waals surface area contributed by atoms with Gasteiger partial charge in [0.15, 0.2) is 0 Å². The van der Waals surface area contributed by atoms with Crippen LogP contribution in [0, 0.1) is 0 Å². The molecule has 1 aliphatic rings. The summed E-state index contributed by atoms with van der Waals surface area (Å²) in [5.41, 5.74) is 5.68. The van der Waals surface area contributed by atoms with Gasteiger partial charge in [-0.15, -0.1) is 0 Å². The van der Waals surface area contributed by atoms with Gasteiger partial charge in [0.2, 0.25) is 11.9 Å². The molecule has 1 fully saturated rings. The van der Waals surface area contributed by atoms with Crippen LogP contribution in [-0.4, -0.2) is 46.2 Å². The fraction of sp³-hybridized carbons (Fsp3) is 0.263. The lowest BCUT2D eigenvalue weighted by Gasteiger charge is -2.27. The first-order valence-corrected chi connectivity index (χ1v) is 9.13. The van der Waals surface area contributed by atoms with E-state index in [2.05, 4.69) is 25.3 Å². The molecular weight excluding hydrogens is 399 g/mol. The summed E-state index contributed by atoms with van der Waals surface area (Å²) in [5.74, 6) is 0.702. The van der Waals surface area contributed by atoms with Crippen molar-refractivity contribution in [3.05, 3.63) is 48.3 Å². The number of morpholine rings is 1. The minimum absolute atomic E-state index is 0.101. The monoisotopic (exact) mass is 417 g/mol. The van der Waals surface area contributed by atoms with E-state index >= 15 is 0 Å². The molecule has 3 heterocycles. The smallest absolute Gasteiger partial charge is 0.378 e. The van der Waals surface area contributed by atoms with Crippen LogP contribution in [0.3, 0.4) is 0 Å². The molecule has 1 aliphatic heterocycles. The summed E-state index contributed by atoms with van der Waals surface area (Å²) in [4.78, 5) is 18.8. The average molecular weight is 417 g/mol. The van der Waals surface area contributed by atoms with E-state index in [0.717, 1.165) is 6.07 Å². The molecule has 0 spiro atoms. The van der Waals surface area contributed by atoms with E-state index in [4.69, 9.17) is 10.5 Å². The molecule has 1 saturated heterocycles. The number of para-hydroxylation sites is 1. The number of nitrogens with two attached hydrogens (primary N) is 1. The van der Waals surface area contributed by atoms with Crippen molar-refractivity contribution in [1.29, 1.82) is 0 Å². The number of hydrogen-bond donors (Lipinski definition) is 2. The van der Waals surface area contributed by atoms with Gasteiger partial charge in [-0.1, -0.05) is 12.1 Å². The van der Waals surface area contributed by atoms with Crippen molar-refractivity contribution in [1.82, 2.24) is 19.9 Å². The maximum absolute atomic E-state index is 13.4. The lowest BCUT2D eigenvalue weighted by Crippen LogP contribution is -2.37. The Hall–Kier alpha value is -3.47. The van der Waals surface area contributed by atoms with E-state index in [9.17, 15) is 13.2 Å². The second-order valence-corrected chi connectivity index (χ2v) is 6.54. The highest BCUT2D eigenvalue weighted by Crippen LogP contribution is 2.36. The molecule has 0 amide bonds. The van der Waals surface area contributed by atoms with Crippen molar-refractivity contribution in [3.63, 3.8) is 0 Å². The molecular formula is C19H18F3N7O. The second-order valence-electron chi connectivity index (χ2n) is 6.54. The van der Waals surface area contributed by atoms with E-state index in [0.29, 0.717) is 43.5 Å². The zero-order valence-electron chi connectivity index (χ0n) is 15.7. The number of nitrogens with zero attached hydrogens (tertiary/aromatic N) is 5. The number of aromatic nitrogens is 4. The van der Waals surface area contributed by atoms with Crippen molar-refractivity contribution < 1.29 is 17.9 Å². The fourth-order valence-electron chi connectivity index (χ4n) is 3.00. The predicted molar refractivity (Wildman–Crippen MR) is 105 cm³/mol. The first-order chi connectivity index (χ1) is 14.4. The molecule has 0 unspecified atom stereocenters. The number of nitrogen functional groups attached to an aromatic ring is 1. The van der Waals surface area contributed by atoms with Gasteiger partial charge in [-0.3, -0.25) is 0 Å². The fourth-order valence-corrected chi connectivity index (χ4v) is 3.00.